The molecule has 0 aromatic heterocycles. The van der Waals surface area contributed by atoms with Crippen LogP contribution in [-0.2, 0) is 4.84 Å². The molecule has 11 heavy (non-hydrogen) atoms. The van der Waals surface area contributed by atoms with E-state index in [1.165, 1.54) is 5.06 Å². The molecule has 0 rings (SSSR count). The minimum absolute atomic E-state index is 0.243. The molecule has 0 spiro atoms. The summed E-state index contributed by atoms with van der Waals surface area (Å²) in [6.07, 6.45) is -0.428. The van der Waals surface area contributed by atoms with Gasteiger partial charge in [0.1, 0.15) is 0 Å². The van der Waals surface area contributed by atoms with Crippen molar-refractivity contribution in [3.05, 3.63) is 0 Å². The molecule has 0 aromatic carbocycles. The third kappa shape index (κ3) is 7.12. The SMILES string of the molecule is CN(C)OC(=O)NC(C)(C)C. The van der Waals surface area contributed by atoms with Crippen molar-refractivity contribution in [3.8, 4) is 0 Å². The van der Waals surface area contributed by atoms with Crippen molar-refractivity contribution in [1.82, 2.24) is 10.4 Å². The number of hydroxylamine groups is 2. The number of hydrogen-bond acceptors (Lipinski definition) is 3. The van der Waals surface area contributed by atoms with Crippen LogP contribution in [-0.4, -0.2) is 30.8 Å². The summed E-state index contributed by atoms with van der Waals surface area (Å²) in [6.45, 7) is 5.68. The Kier molecular flexibility index (Phi) is 3.32. The first-order valence-electron chi connectivity index (χ1n) is 3.49. The first kappa shape index (κ1) is 10.2. The van der Waals surface area contributed by atoms with Gasteiger partial charge < -0.3 is 10.2 Å². The summed E-state index contributed by atoms with van der Waals surface area (Å²) in [5.41, 5.74) is -0.243. The molecule has 0 aliphatic carbocycles. The van der Waals surface area contributed by atoms with E-state index in [0.717, 1.165) is 0 Å². The van der Waals surface area contributed by atoms with Crippen LogP contribution < -0.4 is 5.32 Å². The van der Waals surface area contributed by atoms with Gasteiger partial charge in [-0.15, -0.1) is 5.06 Å². The van der Waals surface area contributed by atoms with E-state index in [1.807, 2.05) is 20.8 Å². The van der Waals surface area contributed by atoms with E-state index in [1.54, 1.807) is 14.1 Å². The van der Waals surface area contributed by atoms with Crippen molar-refractivity contribution in [1.29, 1.82) is 0 Å². The largest absolute Gasteiger partial charge is 0.426 e. The Labute approximate surface area is 67.5 Å². The van der Waals surface area contributed by atoms with Crippen LogP contribution in [0, 0.1) is 0 Å². The Morgan fingerprint density at radius 1 is 1.36 bits per heavy atom. The molecular weight excluding hydrogens is 144 g/mol. The summed E-state index contributed by atoms with van der Waals surface area (Å²) in [5.74, 6) is 0. The number of rotatable bonds is 1. The maximum absolute atomic E-state index is 10.9. The molecule has 1 amide bonds. The lowest BCUT2D eigenvalue weighted by atomic mass is 10.1. The average Bonchev–Trinajstić information content (AvgIpc) is 1.53. The highest BCUT2D eigenvalue weighted by atomic mass is 16.7. The summed E-state index contributed by atoms with van der Waals surface area (Å²) in [6, 6.07) is 0. The van der Waals surface area contributed by atoms with Gasteiger partial charge in [-0.25, -0.2) is 4.79 Å². The fourth-order valence-corrected chi connectivity index (χ4v) is 0.495. The van der Waals surface area contributed by atoms with E-state index in [4.69, 9.17) is 4.84 Å². The van der Waals surface area contributed by atoms with Crippen molar-refractivity contribution < 1.29 is 9.63 Å². The molecule has 0 unspecified atom stereocenters. The van der Waals surface area contributed by atoms with Crippen molar-refractivity contribution in [3.63, 3.8) is 0 Å². The summed E-state index contributed by atoms with van der Waals surface area (Å²) in [4.78, 5) is 15.6. The van der Waals surface area contributed by atoms with Crippen molar-refractivity contribution in [2.24, 2.45) is 0 Å². The van der Waals surface area contributed by atoms with Crippen LogP contribution >= 0.6 is 0 Å². The second kappa shape index (κ2) is 3.57. The first-order chi connectivity index (χ1) is 4.81. The zero-order valence-corrected chi connectivity index (χ0v) is 7.76. The van der Waals surface area contributed by atoms with Crippen LogP contribution in [0.1, 0.15) is 20.8 Å². The molecular formula is C7H16N2O2. The van der Waals surface area contributed by atoms with Gasteiger partial charge in [0.2, 0.25) is 0 Å². The highest BCUT2D eigenvalue weighted by molar-refractivity contribution is 5.67. The molecule has 0 radical (unpaired) electrons. The Hall–Kier alpha value is -0.770. The summed E-state index contributed by atoms with van der Waals surface area (Å²) >= 11 is 0. The van der Waals surface area contributed by atoms with Gasteiger partial charge in [-0.1, -0.05) is 0 Å². The van der Waals surface area contributed by atoms with E-state index in [2.05, 4.69) is 5.32 Å². The molecule has 66 valence electrons. The van der Waals surface area contributed by atoms with Gasteiger partial charge in [0.25, 0.3) is 0 Å². The maximum Gasteiger partial charge on any atom is 0.426 e. The van der Waals surface area contributed by atoms with E-state index in [-0.39, 0.29) is 5.54 Å². The van der Waals surface area contributed by atoms with Crippen LogP contribution in [0.2, 0.25) is 0 Å². The predicted octanol–water partition coefficient (Wildman–Crippen LogP) is 0.988. The first-order valence-corrected chi connectivity index (χ1v) is 3.49. The fraction of sp³-hybridized carbons (Fsp3) is 0.857. The lowest BCUT2D eigenvalue weighted by Gasteiger charge is -2.21. The summed E-state index contributed by atoms with van der Waals surface area (Å²) in [7, 11) is 3.31. The molecule has 0 heterocycles. The highest BCUT2D eigenvalue weighted by Crippen LogP contribution is 1.98. The van der Waals surface area contributed by atoms with Crippen LogP contribution in [0.25, 0.3) is 0 Å². The predicted molar refractivity (Wildman–Crippen MR) is 43.1 cm³/mol. The summed E-state index contributed by atoms with van der Waals surface area (Å²) < 4.78 is 0. The monoisotopic (exact) mass is 160 g/mol. The minimum Gasteiger partial charge on any atom is -0.352 e. The van der Waals surface area contributed by atoms with Crippen molar-refractivity contribution in [2.75, 3.05) is 14.1 Å². The fourth-order valence-electron chi connectivity index (χ4n) is 0.495. The Balaban J connectivity index is 3.71. The van der Waals surface area contributed by atoms with E-state index in [0.29, 0.717) is 0 Å². The number of carbonyl (C=O) groups is 1. The Morgan fingerprint density at radius 2 is 1.82 bits per heavy atom. The molecule has 0 fully saturated rings. The van der Waals surface area contributed by atoms with Crippen molar-refractivity contribution >= 4 is 6.09 Å². The third-order valence-corrected chi connectivity index (χ3v) is 0.743. The van der Waals surface area contributed by atoms with Gasteiger partial charge in [-0.3, -0.25) is 0 Å². The second-order valence-corrected chi connectivity index (χ2v) is 3.57. The van der Waals surface area contributed by atoms with Gasteiger partial charge in [-0.05, 0) is 20.8 Å². The zero-order chi connectivity index (χ0) is 9.07. The molecule has 0 aromatic rings. The molecule has 1 N–H and O–H groups in total. The smallest absolute Gasteiger partial charge is 0.352 e. The normalized spacial score (nSPS) is 11.5. The number of amides is 1. The quantitative estimate of drug-likeness (QED) is 0.581. The molecule has 4 heteroatoms. The third-order valence-electron chi connectivity index (χ3n) is 0.743. The van der Waals surface area contributed by atoms with Gasteiger partial charge in [-0.2, -0.15) is 0 Å². The average molecular weight is 160 g/mol. The Morgan fingerprint density at radius 3 is 2.09 bits per heavy atom. The van der Waals surface area contributed by atoms with Gasteiger partial charge >= 0.3 is 6.09 Å². The van der Waals surface area contributed by atoms with Gasteiger partial charge in [0.15, 0.2) is 0 Å². The molecule has 0 aliphatic rings. The van der Waals surface area contributed by atoms with Crippen LogP contribution in [0.4, 0.5) is 4.79 Å². The minimum atomic E-state index is -0.428. The van der Waals surface area contributed by atoms with Crippen LogP contribution in [0.3, 0.4) is 0 Å². The Bertz CT molecular complexity index is 138. The van der Waals surface area contributed by atoms with E-state index >= 15 is 0 Å². The summed E-state index contributed by atoms with van der Waals surface area (Å²) in [5, 5.41) is 4.00. The molecule has 4 nitrogen and oxygen atoms in total. The molecule has 0 bridgehead atoms. The zero-order valence-electron chi connectivity index (χ0n) is 7.76. The van der Waals surface area contributed by atoms with Gasteiger partial charge in [0.05, 0.1) is 0 Å². The second-order valence-electron chi connectivity index (χ2n) is 3.57. The van der Waals surface area contributed by atoms with Crippen LogP contribution in [0.5, 0.6) is 0 Å². The lowest BCUT2D eigenvalue weighted by molar-refractivity contribution is -0.0573. The maximum atomic E-state index is 10.9. The van der Waals surface area contributed by atoms with Crippen molar-refractivity contribution in [2.45, 2.75) is 26.3 Å². The lowest BCUT2D eigenvalue weighted by Crippen LogP contribution is -2.42. The number of nitrogens with one attached hydrogen (secondary N) is 1. The van der Waals surface area contributed by atoms with E-state index < -0.39 is 6.09 Å². The number of carbonyl (C=O) groups excluding carboxylic acids is 1. The standard InChI is InChI=1S/C7H16N2O2/c1-7(2,3)8-6(10)11-9(4)5/h1-5H3,(H,8,10). The van der Waals surface area contributed by atoms with Crippen LogP contribution in [0.15, 0.2) is 0 Å². The molecule has 0 saturated carbocycles. The number of hydrogen-bond donors (Lipinski definition) is 1. The topological polar surface area (TPSA) is 41.6 Å². The molecule has 0 atom stereocenters. The van der Waals surface area contributed by atoms with E-state index in [9.17, 15) is 4.79 Å². The van der Waals surface area contributed by atoms with Gasteiger partial charge in [0, 0.05) is 19.6 Å². The highest BCUT2D eigenvalue weighted by Gasteiger charge is 2.14. The number of nitrogens with zero attached hydrogens (tertiary/aromatic N) is 1. The molecule has 0 saturated heterocycles. The molecule has 0 aliphatic heterocycles.